The number of aromatic nitrogens is 2. The standard InChI is InChI=1S/C28H36N2O2/c1-6-9-10-11-20-22-14-19(8-3)12-13-24(22)29-26-23(20)16-30-25(26)15-21(18(5)28(30)32)27(31)17(4)7-2/h12-15,17,27,31H,6-11,16H2,1-5H3. The number of nitrogens with zero attached hydrogens (tertiary/aromatic N) is 2. The molecule has 3 aromatic rings. The number of pyridine rings is 2. The summed E-state index contributed by atoms with van der Waals surface area (Å²) in [5.41, 5.74) is 8.02. The van der Waals surface area contributed by atoms with E-state index < -0.39 is 6.10 Å². The third-order valence-electron chi connectivity index (χ3n) is 7.35. The van der Waals surface area contributed by atoms with Gasteiger partial charge in [-0.25, -0.2) is 4.98 Å². The zero-order chi connectivity index (χ0) is 23.0. The van der Waals surface area contributed by atoms with Crippen molar-refractivity contribution in [3.05, 3.63) is 62.4 Å². The number of rotatable bonds is 8. The van der Waals surface area contributed by atoms with Gasteiger partial charge < -0.3 is 9.67 Å². The Kier molecular flexibility index (Phi) is 6.52. The molecule has 1 aliphatic rings. The van der Waals surface area contributed by atoms with Gasteiger partial charge in [-0.2, -0.15) is 0 Å². The predicted molar refractivity (Wildman–Crippen MR) is 132 cm³/mol. The van der Waals surface area contributed by atoms with Crippen LogP contribution in [0.4, 0.5) is 0 Å². The summed E-state index contributed by atoms with van der Waals surface area (Å²) in [6, 6.07) is 8.60. The summed E-state index contributed by atoms with van der Waals surface area (Å²) < 4.78 is 1.86. The van der Waals surface area contributed by atoms with Gasteiger partial charge in [0.2, 0.25) is 0 Å². The summed E-state index contributed by atoms with van der Waals surface area (Å²) in [5, 5.41) is 12.2. The van der Waals surface area contributed by atoms with E-state index in [1.54, 1.807) is 0 Å². The lowest BCUT2D eigenvalue weighted by Gasteiger charge is -2.20. The van der Waals surface area contributed by atoms with Gasteiger partial charge in [-0.3, -0.25) is 4.79 Å². The van der Waals surface area contributed by atoms with Crippen molar-refractivity contribution in [1.29, 1.82) is 0 Å². The number of hydrogen-bond donors (Lipinski definition) is 1. The Bertz CT molecular complexity index is 1210. The van der Waals surface area contributed by atoms with Gasteiger partial charge in [-0.1, -0.05) is 53.0 Å². The first-order valence-corrected chi connectivity index (χ1v) is 12.3. The zero-order valence-corrected chi connectivity index (χ0v) is 20.2. The SMILES string of the molecule is CCCCCc1c2c(nc3ccc(CC)cc13)-c1cc(C(O)C(C)CC)c(C)c(=O)n1C2. The Morgan fingerprint density at radius 3 is 2.62 bits per heavy atom. The Labute approximate surface area is 191 Å². The first-order valence-electron chi connectivity index (χ1n) is 12.3. The van der Waals surface area contributed by atoms with Gasteiger partial charge in [0, 0.05) is 16.5 Å². The third kappa shape index (κ3) is 3.79. The molecule has 1 aromatic carbocycles. The molecule has 1 N–H and O–H groups in total. The van der Waals surface area contributed by atoms with E-state index in [-0.39, 0.29) is 11.5 Å². The van der Waals surface area contributed by atoms with Crippen molar-refractivity contribution in [2.45, 2.75) is 85.8 Å². The zero-order valence-electron chi connectivity index (χ0n) is 20.2. The van der Waals surface area contributed by atoms with Crippen LogP contribution in [0.15, 0.2) is 29.1 Å². The fraction of sp³-hybridized carbons (Fsp3) is 0.500. The molecule has 0 amide bonds. The first-order chi connectivity index (χ1) is 15.4. The van der Waals surface area contributed by atoms with E-state index in [9.17, 15) is 9.90 Å². The van der Waals surface area contributed by atoms with E-state index in [0.717, 1.165) is 48.2 Å². The topological polar surface area (TPSA) is 55.1 Å². The molecule has 170 valence electrons. The summed E-state index contributed by atoms with van der Waals surface area (Å²) in [4.78, 5) is 18.4. The molecule has 2 unspecified atom stereocenters. The maximum atomic E-state index is 13.4. The van der Waals surface area contributed by atoms with Crippen molar-refractivity contribution in [2.24, 2.45) is 5.92 Å². The van der Waals surface area contributed by atoms with Crippen LogP contribution < -0.4 is 5.56 Å². The maximum absolute atomic E-state index is 13.4. The normalized spacial score (nSPS) is 14.4. The van der Waals surface area contributed by atoms with E-state index in [1.165, 1.54) is 34.9 Å². The molecule has 0 spiro atoms. The van der Waals surface area contributed by atoms with Crippen molar-refractivity contribution in [2.75, 3.05) is 0 Å². The molecular formula is C28H36N2O2. The lowest BCUT2D eigenvalue weighted by molar-refractivity contribution is 0.114. The highest BCUT2D eigenvalue weighted by Crippen LogP contribution is 2.38. The number of benzene rings is 1. The average molecular weight is 433 g/mol. The van der Waals surface area contributed by atoms with Gasteiger partial charge in [0.05, 0.1) is 29.6 Å². The van der Waals surface area contributed by atoms with Crippen LogP contribution in [-0.4, -0.2) is 14.7 Å². The molecule has 3 heterocycles. The van der Waals surface area contributed by atoms with Gasteiger partial charge in [-0.05, 0) is 67.0 Å². The smallest absolute Gasteiger partial charge is 0.254 e. The van der Waals surface area contributed by atoms with Crippen LogP contribution in [0.2, 0.25) is 0 Å². The second-order valence-corrected chi connectivity index (χ2v) is 9.41. The molecular weight excluding hydrogens is 396 g/mol. The molecule has 2 aromatic heterocycles. The van der Waals surface area contributed by atoms with Crippen LogP contribution in [0.3, 0.4) is 0 Å². The van der Waals surface area contributed by atoms with Crippen LogP contribution in [-0.2, 0) is 19.4 Å². The number of aryl methyl sites for hydroxylation is 2. The van der Waals surface area contributed by atoms with Gasteiger partial charge in [-0.15, -0.1) is 0 Å². The van der Waals surface area contributed by atoms with Crippen LogP contribution in [0.25, 0.3) is 22.3 Å². The monoisotopic (exact) mass is 432 g/mol. The van der Waals surface area contributed by atoms with E-state index in [1.807, 2.05) is 24.5 Å². The Balaban J connectivity index is 1.94. The second kappa shape index (κ2) is 9.19. The predicted octanol–water partition coefficient (Wildman–Crippen LogP) is 6.11. The molecule has 4 nitrogen and oxygen atoms in total. The molecule has 0 saturated heterocycles. The number of aliphatic hydroxyl groups excluding tert-OH is 1. The van der Waals surface area contributed by atoms with E-state index in [2.05, 4.69) is 39.0 Å². The van der Waals surface area contributed by atoms with E-state index >= 15 is 0 Å². The fourth-order valence-corrected chi connectivity index (χ4v) is 4.97. The Morgan fingerprint density at radius 2 is 1.94 bits per heavy atom. The van der Waals surface area contributed by atoms with Crippen LogP contribution in [0.1, 0.15) is 87.3 Å². The highest BCUT2D eigenvalue weighted by Gasteiger charge is 2.29. The maximum Gasteiger partial charge on any atom is 0.254 e. The lowest BCUT2D eigenvalue weighted by atomic mass is 9.92. The highest BCUT2D eigenvalue weighted by atomic mass is 16.3. The minimum Gasteiger partial charge on any atom is -0.388 e. The first kappa shape index (κ1) is 22.7. The van der Waals surface area contributed by atoms with Crippen molar-refractivity contribution < 1.29 is 5.11 Å². The van der Waals surface area contributed by atoms with Crippen LogP contribution >= 0.6 is 0 Å². The number of aliphatic hydroxyl groups is 1. The molecule has 1 aliphatic heterocycles. The quantitative estimate of drug-likeness (QED) is 0.342. The largest absolute Gasteiger partial charge is 0.388 e. The lowest BCUT2D eigenvalue weighted by Crippen LogP contribution is -2.25. The van der Waals surface area contributed by atoms with Crippen molar-refractivity contribution >= 4 is 10.9 Å². The van der Waals surface area contributed by atoms with Crippen molar-refractivity contribution in [3.63, 3.8) is 0 Å². The summed E-state index contributed by atoms with van der Waals surface area (Å²) in [7, 11) is 0. The van der Waals surface area contributed by atoms with E-state index in [0.29, 0.717) is 12.1 Å². The Morgan fingerprint density at radius 1 is 1.16 bits per heavy atom. The summed E-state index contributed by atoms with van der Waals surface area (Å²) in [5.74, 6) is 0.0960. The van der Waals surface area contributed by atoms with Gasteiger partial charge in [0.25, 0.3) is 5.56 Å². The molecule has 4 rings (SSSR count). The third-order valence-corrected chi connectivity index (χ3v) is 7.35. The molecule has 0 aliphatic carbocycles. The minimum atomic E-state index is -0.640. The number of hydrogen-bond acceptors (Lipinski definition) is 3. The molecule has 0 bridgehead atoms. The minimum absolute atomic E-state index is 0.00401. The van der Waals surface area contributed by atoms with E-state index in [4.69, 9.17) is 4.98 Å². The average Bonchev–Trinajstić information content (AvgIpc) is 3.18. The Hall–Kier alpha value is -2.46. The summed E-state index contributed by atoms with van der Waals surface area (Å²) in [6.07, 6.45) is 5.74. The van der Waals surface area contributed by atoms with Crippen LogP contribution in [0.5, 0.6) is 0 Å². The van der Waals surface area contributed by atoms with Gasteiger partial charge >= 0.3 is 0 Å². The van der Waals surface area contributed by atoms with Gasteiger partial charge in [0.15, 0.2) is 0 Å². The molecule has 0 fully saturated rings. The van der Waals surface area contributed by atoms with Crippen molar-refractivity contribution in [3.8, 4) is 11.4 Å². The number of fused-ring (bicyclic) bond motifs is 4. The van der Waals surface area contributed by atoms with Gasteiger partial charge in [0.1, 0.15) is 0 Å². The molecule has 0 radical (unpaired) electrons. The highest BCUT2D eigenvalue weighted by molar-refractivity contribution is 5.88. The molecule has 0 saturated carbocycles. The molecule has 32 heavy (non-hydrogen) atoms. The second-order valence-electron chi connectivity index (χ2n) is 9.41. The van der Waals surface area contributed by atoms with Crippen LogP contribution in [0, 0.1) is 12.8 Å². The summed E-state index contributed by atoms with van der Waals surface area (Å²) >= 11 is 0. The summed E-state index contributed by atoms with van der Waals surface area (Å²) in [6.45, 7) is 10.9. The van der Waals surface area contributed by atoms with Crippen molar-refractivity contribution in [1.82, 2.24) is 9.55 Å². The fourth-order valence-electron chi connectivity index (χ4n) is 4.97. The molecule has 4 heteroatoms. The number of unbranched alkanes of at least 4 members (excludes halogenated alkanes) is 2. The molecule has 2 atom stereocenters.